The minimum absolute atomic E-state index is 0.0858. The summed E-state index contributed by atoms with van der Waals surface area (Å²) in [4.78, 5) is 28.3. The van der Waals surface area contributed by atoms with Crippen molar-refractivity contribution in [1.82, 2.24) is 4.90 Å². The third kappa shape index (κ3) is 6.62. The number of rotatable bonds is 3. The average Bonchev–Trinajstić information content (AvgIpc) is 3.61. The van der Waals surface area contributed by atoms with Crippen molar-refractivity contribution in [3.63, 3.8) is 0 Å². The van der Waals surface area contributed by atoms with E-state index < -0.39 is 54.1 Å². The SMILES string of the molecule is C/C1=C\[C@@H](C)[C@H](C)OC(=O)[C@H](C)[C@H](O)[C@H](C)[C@@H](O[C@@H]2O[C@H](C)C[C@H](N(C)C)[C@H]2O)[C@H](C)C[C@]2(CO2)C1=O. The zero-order valence-electron chi connectivity index (χ0n) is 23.8. The number of epoxide rings is 1. The Bertz CT molecular complexity index is 855. The highest BCUT2D eigenvalue weighted by Crippen LogP contribution is 2.41. The van der Waals surface area contributed by atoms with Crippen molar-refractivity contribution in [2.75, 3.05) is 20.7 Å². The molecular formula is C28H47NO8. The van der Waals surface area contributed by atoms with Gasteiger partial charge < -0.3 is 34.1 Å². The number of nitrogens with zero attached hydrogens (tertiary/aromatic N) is 1. The van der Waals surface area contributed by atoms with Gasteiger partial charge >= 0.3 is 5.97 Å². The molecule has 0 unspecified atom stereocenters. The Morgan fingerprint density at radius 3 is 2.24 bits per heavy atom. The lowest BCUT2D eigenvalue weighted by molar-refractivity contribution is -0.283. The van der Waals surface area contributed by atoms with E-state index in [-0.39, 0.29) is 29.8 Å². The number of esters is 1. The summed E-state index contributed by atoms with van der Waals surface area (Å²) in [5.74, 6) is -2.35. The molecule has 0 aromatic carbocycles. The number of Topliss-reactive ketones (excluding diaryl/α,β-unsaturated/α-hetero) is 1. The lowest BCUT2D eigenvalue weighted by Gasteiger charge is -2.44. The molecule has 0 saturated carbocycles. The van der Waals surface area contributed by atoms with Crippen LogP contribution >= 0.6 is 0 Å². The van der Waals surface area contributed by atoms with Gasteiger partial charge in [0.2, 0.25) is 0 Å². The van der Waals surface area contributed by atoms with Crippen molar-refractivity contribution < 1.29 is 38.7 Å². The second-order valence-corrected chi connectivity index (χ2v) is 12.0. The minimum Gasteiger partial charge on any atom is -0.462 e. The maximum Gasteiger partial charge on any atom is 0.311 e. The van der Waals surface area contributed by atoms with E-state index in [0.717, 1.165) is 0 Å². The summed E-state index contributed by atoms with van der Waals surface area (Å²) in [5.41, 5.74) is -0.364. The van der Waals surface area contributed by atoms with E-state index in [9.17, 15) is 19.8 Å². The first kappa shape index (κ1) is 30.2. The molecule has 0 amide bonds. The lowest BCUT2D eigenvalue weighted by Crippen LogP contribution is -2.56. The van der Waals surface area contributed by atoms with Crippen LogP contribution < -0.4 is 0 Å². The van der Waals surface area contributed by atoms with E-state index in [0.29, 0.717) is 25.0 Å². The summed E-state index contributed by atoms with van der Waals surface area (Å²) in [6.07, 6.45) is -1.27. The van der Waals surface area contributed by atoms with Gasteiger partial charge in [-0.05, 0) is 66.1 Å². The monoisotopic (exact) mass is 525 g/mol. The van der Waals surface area contributed by atoms with E-state index in [1.54, 1.807) is 20.8 Å². The smallest absolute Gasteiger partial charge is 0.311 e. The minimum atomic E-state index is -1.07. The van der Waals surface area contributed by atoms with Crippen molar-refractivity contribution in [2.45, 2.75) is 110 Å². The normalized spacial score (nSPS) is 47.8. The van der Waals surface area contributed by atoms with Crippen molar-refractivity contribution in [1.29, 1.82) is 0 Å². The van der Waals surface area contributed by atoms with Gasteiger partial charge in [-0.3, -0.25) is 9.59 Å². The lowest BCUT2D eigenvalue weighted by atomic mass is 9.79. The standard InChI is InChI=1S/C28H47NO8/c1-14-10-15(2)25(32)28(13-34-28)12-16(3)24(18(5)22(30)19(6)26(33)36-20(14)7)37-27-23(31)21(29(8)9)11-17(4)35-27/h10,14,16-24,27,30-31H,11-13H2,1-9H3/b15-10+/t14-,16-,17-,18+,19-,20+,21+,22-,23-,24+,27+,28+/m1/s1. The van der Waals surface area contributed by atoms with E-state index in [2.05, 4.69) is 0 Å². The van der Waals surface area contributed by atoms with Gasteiger partial charge in [-0.2, -0.15) is 0 Å². The molecule has 37 heavy (non-hydrogen) atoms. The second kappa shape index (κ2) is 11.8. The number of aliphatic hydroxyl groups is 2. The molecule has 12 atom stereocenters. The van der Waals surface area contributed by atoms with E-state index >= 15 is 0 Å². The highest BCUT2D eigenvalue weighted by Gasteiger charge is 2.54. The summed E-state index contributed by atoms with van der Waals surface area (Å²) in [6, 6.07) is -0.160. The van der Waals surface area contributed by atoms with Crippen molar-refractivity contribution in [3.8, 4) is 0 Å². The molecule has 0 aliphatic carbocycles. The molecule has 9 heteroatoms. The summed E-state index contributed by atoms with van der Waals surface area (Å²) in [5, 5.41) is 22.4. The molecule has 1 spiro atoms. The molecular weight excluding hydrogens is 478 g/mol. The number of hydrogen-bond donors (Lipinski definition) is 2. The molecule has 2 fully saturated rings. The first-order valence-corrected chi connectivity index (χ1v) is 13.6. The quantitative estimate of drug-likeness (QED) is 0.423. The largest absolute Gasteiger partial charge is 0.462 e. The van der Waals surface area contributed by atoms with Crippen LogP contribution in [-0.4, -0.2) is 96.0 Å². The van der Waals surface area contributed by atoms with Crippen LogP contribution in [-0.2, 0) is 28.5 Å². The molecule has 0 aromatic heterocycles. The van der Waals surface area contributed by atoms with Crippen molar-refractivity contribution in [3.05, 3.63) is 11.6 Å². The first-order valence-electron chi connectivity index (χ1n) is 13.6. The molecule has 3 aliphatic rings. The number of ether oxygens (including phenoxy) is 4. The molecule has 3 heterocycles. The fourth-order valence-corrected chi connectivity index (χ4v) is 5.80. The van der Waals surface area contributed by atoms with Crippen LogP contribution in [0.5, 0.6) is 0 Å². The molecule has 0 bridgehead atoms. The fraction of sp³-hybridized carbons (Fsp3) is 0.857. The summed E-state index contributed by atoms with van der Waals surface area (Å²) in [6.45, 7) is 13.1. The average molecular weight is 526 g/mol. The number of carbonyl (C=O) groups is 2. The number of hydrogen-bond acceptors (Lipinski definition) is 9. The van der Waals surface area contributed by atoms with Crippen LogP contribution in [0.3, 0.4) is 0 Å². The Labute approximate surface area is 221 Å². The Morgan fingerprint density at radius 2 is 1.68 bits per heavy atom. The Kier molecular flexibility index (Phi) is 9.63. The molecule has 0 radical (unpaired) electrons. The van der Waals surface area contributed by atoms with Crippen molar-refractivity contribution >= 4 is 11.8 Å². The van der Waals surface area contributed by atoms with Gasteiger partial charge in [-0.15, -0.1) is 0 Å². The number of aliphatic hydroxyl groups excluding tert-OH is 2. The number of carbonyl (C=O) groups excluding carboxylic acids is 2. The Balaban J connectivity index is 1.95. The van der Waals surface area contributed by atoms with E-state index in [1.807, 2.05) is 52.8 Å². The van der Waals surface area contributed by atoms with E-state index in [4.69, 9.17) is 18.9 Å². The van der Waals surface area contributed by atoms with Gasteiger partial charge in [0.1, 0.15) is 12.2 Å². The number of likely N-dealkylation sites (N-methyl/N-ethyl adjacent to an activating group) is 1. The molecule has 2 N–H and O–H groups in total. The second-order valence-electron chi connectivity index (χ2n) is 12.0. The van der Waals surface area contributed by atoms with Crippen LogP contribution in [0, 0.1) is 23.7 Å². The molecule has 2 saturated heterocycles. The Morgan fingerprint density at radius 1 is 1.05 bits per heavy atom. The maximum atomic E-state index is 13.4. The van der Waals surface area contributed by atoms with E-state index in [1.165, 1.54) is 0 Å². The van der Waals surface area contributed by atoms with Gasteiger partial charge in [0, 0.05) is 17.9 Å². The van der Waals surface area contributed by atoms with Crippen LogP contribution in [0.1, 0.15) is 61.3 Å². The van der Waals surface area contributed by atoms with Gasteiger partial charge in [0.05, 0.1) is 30.8 Å². The fourth-order valence-electron chi connectivity index (χ4n) is 5.80. The third-order valence-electron chi connectivity index (χ3n) is 8.54. The maximum absolute atomic E-state index is 13.4. The number of cyclic esters (lactones) is 1. The molecule has 3 rings (SSSR count). The van der Waals surface area contributed by atoms with Gasteiger partial charge in [0.25, 0.3) is 0 Å². The molecule has 9 nitrogen and oxygen atoms in total. The van der Waals surface area contributed by atoms with Gasteiger partial charge in [-0.1, -0.05) is 26.8 Å². The highest BCUT2D eigenvalue weighted by atomic mass is 16.7. The van der Waals surface area contributed by atoms with Gasteiger partial charge in [-0.25, -0.2) is 0 Å². The third-order valence-corrected chi connectivity index (χ3v) is 8.54. The predicted octanol–water partition coefficient (Wildman–Crippen LogP) is 2.32. The van der Waals surface area contributed by atoms with Crippen LogP contribution in [0.4, 0.5) is 0 Å². The van der Waals surface area contributed by atoms with Crippen LogP contribution in [0.15, 0.2) is 11.6 Å². The van der Waals surface area contributed by atoms with Crippen molar-refractivity contribution in [2.24, 2.45) is 23.7 Å². The topological polar surface area (TPSA) is 118 Å². The summed E-state index contributed by atoms with van der Waals surface area (Å²) < 4.78 is 23.9. The summed E-state index contributed by atoms with van der Waals surface area (Å²) in [7, 11) is 3.81. The zero-order valence-corrected chi connectivity index (χ0v) is 23.8. The molecule has 212 valence electrons. The van der Waals surface area contributed by atoms with Gasteiger partial charge in [0.15, 0.2) is 17.7 Å². The molecule has 0 aromatic rings. The zero-order chi connectivity index (χ0) is 27.8. The number of ketones is 1. The predicted molar refractivity (Wildman–Crippen MR) is 138 cm³/mol. The first-order chi connectivity index (χ1) is 17.2. The molecule has 3 aliphatic heterocycles. The Hall–Kier alpha value is -1.36. The van der Waals surface area contributed by atoms with Crippen LogP contribution in [0.2, 0.25) is 0 Å². The summed E-state index contributed by atoms with van der Waals surface area (Å²) >= 11 is 0. The highest BCUT2D eigenvalue weighted by molar-refractivity contribution is 6.03. The van der Waals surface area contributed by atoms with Crippen LogP contribution in [0.25, 0.3) is 0 Å².